The Hall–Kier alpha value is 0.0200. The molecule has 0 spiro atoms. The molecule has 1 aromatic rings. The van der Waals surface area contributed by atoms with Crippen LogP contribution in [0.3, 0.4) is 0 Å². The summed E-state index contributed by atoms with van der Waals surface area (Å²) in [5, 5.41) is 2.12. The first kappa shape index (κ1) is 13.0. The van der Waals surface area contributed by atoms with Crippen molar-refractivity contribution in [2.24, 2.45) is 7.05 Å². The molecule has 13 heavy (non-hydrogen) atoms. The van der Waals surface area contributed by atoms with Gasteiger partial charge < -0.3 is 4.55 Å². The second-order valence-electron chi connectivity index (χ2n) is 2.39. The van der Waals surface area contributed by atoms with Crippen LogP contribution in [-0.4, -0.2) is 19.2 Å². The Kier molecular flexibility index (Phi) is 5.05. The Morgan fingerprint density at radius 3 is 2.08 bits per heavy atom. The van der Waals surface area contributed by atoms with Gasteiger partial charge in [-0.25, -0.2) is 8.42 Å². The molecular formula is C6H10BrNO3S2. The number of halogens is 1. The van der Waals surface area contributed by atoms with E-state index in [0.717, 1.165) is 0 Å². The van der Waals surface area contributed by atoms with Crippen LogP contribution in [0.4, 0.5) is 0 Å². The Balaban J connectivity index is 0.000000252. The minimum absolute atomic E-state index is 0.604. The van der Waals surface area contributed by atoms with Gasteiger partial charge in [0.05, 0.1) is 15.5 Å². The van der Waals surface area contributed by atoms with Gasteiger partial charge in [-0.1, -0.05) is 11.3 Å². The first-order valence-corrected chi connectivity index (χ1v) is 6.71. The molecule has 1 heterocycles. The summed E-state index contributed by atoms with van der Waals surface area (Å²) in [7, 11) is -1.88. The maximum absolute atomic E-state index is 9.08. The normalized spacial score (nSPS) is 10.5. The average Bonchev–Trinajstić information content (AvgIpc) is 2.16. The summed E-state index contributed by atoms with van der Waals surface area (Å²) in [6.45, 7) is 2.08. The molecule has 4 nitrogen and oxygen atoms in total. The van der Waals surface area contributed by atoms with Crippen molar-refractivity contribution in [3.05, 3.63) is 15.0 Å². The molecule has 7 heteroatoms. The van der Waals surface area contributed by atoms with Crippen molar-refractivity contribution in [1.82, 2.24) is 0 Å². The van der Waals surface area contributed by atoms with Gasteiger partial charge in [-0.05, 0) is 0 Å². The quantitative estimate of drug-likeness (QED) is 0.524. The van der Waals surface area contributed by atoms with Crippen LogP contribution in [0.2, 0.25) is 0 Å². The van der Waals surface area contributed by atoms with Crippen molar-refractivity contribution in [3.63, 3.8) is 0 Å². The number of rotatable bonds is 0. The molecule has 0 fully saturated rings. The van der Waals surface area contributed by atoms with Gasteiger partial charge in [-0.3, -0.25) is 0 Å². The molecule has 1 rings (SSSR count). The van der Waals surface area contributed by atoms with E-state index in [9.17, 15) is 0 Å². The molecule has 0 amide bonds. The zero-order valence-electron chi connectivity index (χ0n) is 7.44. The predicted octanol–water partition coefficient (Wildman–Crippen LogP) is 0.805. The molecule has 0 radical (unpaired) electrons. The Labute approximate surface area is 90.1 Å². The smallest absolute Gasteiger partial charge is 0.304 e. The maximum Gasteiger partial charge on any atom is 0.304 e. The lowest BCUT2D eigenvalue weighted by Gasteiger charge is -1.90. The fourth-order valence-electron chi connectivity index (χ4n) is 0.431. The lowest BCUT2D eigenvalue weighted by atomic mass is 10.6. The van der Waals surface area contributed by atoms with Crippen LogP contribution in [0.15, 0.2) is 9.30 Å². The van der Waals surface area contributed by atoms with E-state index in [2.05, 4.69) is 32.8 Å². The highest BCUT2D eigenvalue weighted by Gasteiger charge is 2.06. The van der Waals surface area contributed by atoms with Crippen LogP contribution >= 0.6 is 27.3 Å². The standard InChI is InChI=1S/C5H7BrNS.CH4O3S/c1-4-3-8-5(6)7(4)2;1-5(2,3)4/h3H,1-2H3;1H3,(H,2,3,4)/q+1;/p-1. The summed E-state index contributed by atoms with van der Waals surface area (Å²) in [5.41, 5.74) is 1.29. The van der Waals surface area contributed by atoms with Gasteiger partial charge in [0.2, 0.25) is 0 Å². The molecule has 0 aliphatic carbocycles. The average molecular weight is 288 g/mol. The minimum atomic E-state index is -3.92. The zero-order valence-corrected chi connectivity index (χ0v) is 10.7. The van der Waals surface area contributed by atoms with E-state index in [-0.39, 0.29) is 0 Å². The third-order valence-electron chi connectivity index (χ3n) is 1.12. The topological polar surface area (TPSA) is 61.1 Å². The number of aromatic nitrogens is 1. The first-order chi connectivity index (χ1) is 5.72. The monoisotopic (exact) mass is 287 g/mol. The SMILES string of the molecule is CS(=O)(=O)[O-].Cc1csc(Br)[n+]1C. The van der Waals surface area contributed by atoms with Crippen LogP contribution in [-0.2, 0) is 17.2 Å². The van der Waals surface area contributed by atoms with Gasteiger partial charge >= 0.3 is 3.92 Å². The van der Waals surface area contributed by atoms with E-state index in [1.54, 1.807) is 11.3 Å². The molecular weight excluding hydrogens is 278 g/mol. The van der Waals surface area contributed by atoms with Crippen LogP contribution in [0, 0.1) is 6.92 Å². The molecule has 0 saturated heterocycles. The van der Waals surface area contributed by atoms with Crippen molar-refractivity contribution < 1.29 is 17.5 Å². The largest absolute Gasteiger partial charge is 0.748 e. The highest BCUT2D eigenvalue weighted by Crippen LogP contribution is 2.11. The van der Waals surface area contributed by atoms with Gasteiger partial charge in [0.15, 0.2) is 5.69 Å². The van der Waals surface area contributed by atoms with E-state index in [0.29, 0.717) is 6.26 Å². The zero-order chi connectivity index (χ0) is 10.6. The van der Waals surface area contributed by atoms with Crippen LogP contribution < -0.4 is 4.57 Å². The van der Waals surface area contributed by atoms with Crippen molar-refractivity contribution in [2.75, 3.05) is 6.26 Å². The Morgan fingerprint density at radius 1 is 1.62 bits per heavy atom. The third kappa shape index (κ3) is 7.12. The number of aryl methyl sites for hydroxylation is 1. The van der Waals surface area contributed by atoms with Gasteiger partial charge in [-0.2, -0.15) is 4.57 Å². The molecule has 0 N–H and O–H groups in total. The van der Waals surface area contributed by atoms with Crippen molar-refractivity contribution >= 4 is 37.4 Å². The lowest BCUT2D eigenvalue weighted by Crippen LogP contribution is -2.29. The van der Waals surface area contributed by atoms with E-state index >= 15 is 0 Å². The van der Waals surface area contributed by atoms with E-state index < -0.39 is 10.1 Å². The fourth-order valence-corrected chi connectivity index (χ4v) is 1.72. The van der Waals surface area contributed by atoms with Crippen LogP contribution in [0.25, 0.3) is 0 Å². The van der Waals surface area contributed by atoms with Crippen molar-refractivity contribution in [3.8, 4) is 0 Å². The second-order valence-corrected chi connectivity index (χ2v) is 5.94. The summed E-state index contributed by atoms with van der Waals surface area (Å²) in [6, 6.07) is 0. The maximum atomic E-state index is 9.08. The molecule has 0 atom stereocenters. The molecule has 0 aliphatic heterocycles. The summed E-state index contributed by atoms with van der Waals surface area (Å²) in [5.74, 6) is 0. The van der Waals surface area contributed by atoms with Crippen molar-refractivity contribution in [1.29, 1.82) is 0 Å². The molecule has 76 valence electrons. The lowest BCUT2D eigenvalue weighted by molar-refractivity contribution is -0.683. The first-order valence-electron chi connectivity index (χ1n) is 3.22. The summed E-state index contributed by atoms with van der Waals surface area (Å²) < 4.78 is 30.5. The Bertz CT molecular complexity index is 344. The number of thiazole rings is 1. The molecule has 0 aromatic carbocycles. The highest BCUT2D eigenvalue weighted by atomic mass is 79.9. The van der Waals surface area contributed by atoms with Gasteiger partial charge in [0, 0.05) is 29.1 Å². The van der Waals surface area contributed by atoms with Crippen LogP contribution in [0.1, 0.15) is 5.69 Å². The molecule has 0 saturated carbocycles. The number of nitrogens with zero attached hydrogens (tertiary/aromatic N) is 1. The van der Waals surface area contributed by atoms with Crippen LogP contribution in [0.5, 0.6) is 0 Å². The van der Waals surface area contributed by atoms with E-state index in [1.807, 2.05) is 7.05 Å². The van der Waals surface area contributed by atoms with Gasteiger partial charge in [0.25, 0.3) is 0 Å². The number of hydrogen-bond donors (Lipinski definition) is 0. The highest BCUT2D eigenvalue weighted by molar-refractivity contribution is 9.11. The van der Waals surface area contributed by atoms with E-state index in [4.69, 9.17) is 13.0 Å². The summed E-state index contributed by atoms with van der Waals surface area (Å²) >= 11 is 5.11. The fraction of sp³-hybridized carbons (Fsp3) is 0.500. The van der Waals surface area contributed by atoms with Crippen molar-refractivity contribution in [2.45, 2.75) is 6.92 Å². The second kappa shape index (κ2) is 5.04. The number of hydrogen-bond acceptors (Lipinski definition) is 4. The van der Waals surface area contributed by atoms with Gasteiger partial charge in [0.1, 0.15) is 7.05 Å². The van der Waals surface area contributed by atoms with E-state index in [1.165, 1.54) is 9.61 Å². The van der Waals surface area contributed by atoms with Gasteiger partial charge in [-0.15, -0.1) is 0 Å². The summed E-state index contributed by atoms with van der Waals surface area (Å²) in [4.78, 5) is 0. The summed E-state index contributed by atoms with van der Waals surface area (Å²) in [6.07, 6.45) is 0.604. The Morgan fingerprint density at radius 2 is 2.00 bits per heavy atom. The molecule has 0 aliphatic rings. The molecule has 0 bridgehead atoms. The third-order valence-corrected chi connectivity index (χ3v) is 3.14. The minimum Gasteiger partial charge on any atom is -0.748 e. The molecule has 0 unspecified atom stereocenters. The predicted molar refractivity (Wildman–Crippen MR) is 53.6 cm³/mol. The molecule has 1 aromatic heterocycles.